The van der Waals surface area contributed by atoms with Gasteiger partial charge in [0.15, 0.2) is 0 Å². The molecule has 2 heteroatoms. The fourth-order valence-electron chi connectivity index (χ4n) is 2.62. The molecule has 1 spiro atoms. The first-order valence-electron chi connectivity index (χ1n) is 5.87. The van der Waals surface area contributed by atoms with Crippen LogP contribution in [-0.2, 0) is 4.74 Å². The van der Waals surface area contributed by atoms with Gasteiger partial charge in [-0.1, -0.05) is 20.8 Å². The Labute approximate surface area is 87.4 Å². The molecule has 0 aromatic rings. The number of ether oxygens (including phenoxy) is 1. The Hall–Kier alpha value is -0.0800. The number of hydrogen-bond acceptors (Lipinski definition) is 2. The van der Waals surface area contributed by atoms with Crippen LogP contribution in [0.25, 0.3) is 0 Å². The lowest BCUT2D eigenvalue weighted by molar-refractivity contribution is -0.0779. The first-order chi connectivity index (χ1) is 6.52. The fraction of sp³-hybridized carbons (Fsp3) is 1.00. The molecule has 1 unspecified atom stereocenters. The topological polar surface area (TPSA) is 21.3 Å². The van der Waals surface area contributed by atoms with Crippen LogP contribution < -0.4 is 5.32 Å². The van der Waals surface area contributed by atoms with Gasteiger partial charge in [-0.3, -0.25) is 0 Å². The maximum atomic E-state index is 5.99. The maximum Gasteiger partial charge on any atom is 0.0929 e. The van der Waals surface area contributed by atoms with Crippen molar-refractivity contribution in [2.45, 2.75) is 45.6 Å². The van der Waals surface area contributed by atoms with E-state index in [9.17, 15) is 0 Å². The Balaban J connectivity index is 1.94. The molecular weight excluding hydrogens is 174 g/mol. The molecule has 2 heterocycles. The first kappa shape index (κ1) is 10.4. The second-order valence-electron chi connectivity index (χ2n) is 6.03. The summed E-state index contributed by atoms with van der Waals surface area (Å²) < 4.78 is 5.99. The van der Waals surface area contributed by atoms with Crippen LogP contribution in [0.15, 0.2) is 0 Å². The Morgan fingerprint density at radius 2 is 1.93 bits per heavy atom. The fourth-order valence-corrected chi connectivity index (χ4v) is 2.62. The first-order valence-corrected chi connectivity index (χ1v) is 5.87. The molecule has 0 radical (unpaired) electrons. The number of rotatable bonds is 0. The molecule has 0 bridgehead atoms. The molecular formula is C12H23NO. The Kier molecular flexibility index (Phi) is 2.61. The molecule has 2 saturated heterocycles. The Bertz CT molecular complexity index is 203. The van der Waals surface area contributed by atoms with Crippen LogP contribution in [0.4, 0.5) is 0 Å². The van der Waals surface area contributed by atoms with E-state index in [0.29, 0.717) is 5.41 Å². The standard InChI is InChI=1S/C12H23NO/c1-11(2,3)10-4-6-12(8-13-9-12)14-7-5-10/h10,13H,4-9H2,1-3H3. The summed E-state index contributed by atoms with van der Waals surface area (Å²) in [5.74, 6) is 0.836. The van der Waals surface area contributed by atoms with Crippen LogP contribution in [-0.4, -0.2) is 25.3 Å². The third-order valence-electron chi connectivity index (χ3n) is 3.94. The van der Waals surface area contributed by atoms with E-state index < -0.39 is 0 Å². The zero-order valence-corrected chi connectivity index (χ0v) is 9.73. The summed E-state index contributed by atoms with van der Waals surface area (Å²) in [4.78, 5) is 0. The van der Waals surface area contributed by atoms with E-state index in [0.717, 1.165) is 25.6 Å². The normalized spacial score (nSPS) is 32.4. The van der Waals surface area contributed by atoms with Crippen LogP contribution in [0.2, 0.25) is 0 Å². The van der Waals surface area contributed by atoms with Crippen molar-refractivity contribution in [3.8, 4) is 0 Å². The molecule has 1 N–H and O–H groups in total. The van der Waals surface area contributed by atoms with Crippen molar-refractivity contribution in [1.82, 2.24) is 5.32 Å². The average Bonchev–Trinajstić information content (AvgIpc) is 2.22. The SMILES string of the molecule is CC(C)(C)C1CCOC2(CC1)CNC2. The summed E-state index contributed by atoms with van der Waals surface area (Å²) in [5, 5.41) is 3.33. The third kappa shape index (κ3) is 1.96. The van der Waals surface area contributed by atoms with E-state index in [4.69, 9.17) is 4.74 Å². The average molecular weight is 197 g/mol. The molecule has 1 atom stereocenters. The zero-order chi connectivity index (χ0) is 10.2. The van der Waals surface area contributed by atoms with Gasteiger partial charge in [0.25, 0.3) is 0 Å². The van der Waals surface area contributed by atoms with Gasteiger partial charge in [-0.2, -0.15) is 0 Å². The summed E-state index contributed by atoms with van der Waals surface area (Å²) in [6, 6.07) is 0. The van der Waals surface area contributed by atoms with Gasteiger partial charge in [0.05, 0.1) is 5.60 Å². The van der Waals surface area contributed by atoms with Crippen LogP contribution in [0.3, 0.4) is 0 Å². The molecule has 82 valence electrons. The molecule has 0 saturated carbocycles. The lowest BCUT2D eigenvalue weighted by Gasteiger charge is -2.41. The van der Waals surface area contributed by atoms with E-state index in [2.05, 4.69) is 26.1 Å². The van der Waals surface area contributed by atoms with Crippen LogP contribution in [0.1, 0.15) is 40.0 Å². The summed E-state index contributed by atoms with van der Waals surface area (Å²) in [5.41, 5.74) is 0.673. The minimum absolute atomic E-state index is 0.222. The monoisotopic (exact) mass is 197 g/mol. The van der Waals surface area contributed by atoms with E-state index >= 15 is 0 Å². The van der Waals surface area contributed by atoms with Gasteiger partial charge in [0.2, 0.25) is 0 Å². The van der Waals surface area contributed by atoms with Crippen LogP contribution in [0.5, 0.6) is 0 Å². The summed E-state index contributed by atoms with van der Waals surface area (Å²) >= 11 is 0. The predicted molar refractivity (Wildman–Crippen MR) is 58.3 cm³/mol. The lowest BCUT2D eigenvalue weighted by Crippen LogP contribution is -2.60. The van der Waals surface area contributed by atoms with Gasteiger partial charge in [0.1, 0.15) is 0 Å². The second kappa shape index (κ2) is 3.49. The van der Waals surface area contributed by atoms with E-state index in [-0.39, 0.29) is 5.60 Å². The molecule has 0 aliphatic carbocycles. The molecule has 0 aromatic carbocycles. The minimum Gasteiger partial charge on any atom is -0.372 e. The predicted octanol–water partition coefficient (Wildman–Crippen LogP) is 2.19. The van der Waals surface area contributed by atoms with E-state index in [1.165, 1.54) is 19.3 Å². The molecule has 0 aromatic heterocycles. The summed E-state index contributed by atoms with van der Waals surface area (Å²) in [6.45, 7) is 10.2. The molecule has 2 nitrogen and oxygen atoms in total. The highest BCUT2D eigenvalue weighted by Gasteiger charge is 2.41. The second-order valence-corrected chi connectivity index (χ2v) is 6.03. The molecule has 2 fully saturated rings. The van der Waals surface area contributed by atoms with Crippen molar-refractivity contribution in [3.05, 3.63) is 0 Å². The van der Waals surface area contributed by atoms with Crippen molar-refractivity contribution >= 4 is 0 Å². The molecule has 2 aliphatic heterocycles. The van der Waals surface area contributed by atoms with Gasteiger partial charge < -0.3 is 10.1 Å². The Morgan fingerprint density at radius 1 is 1.21 bits per heavy atom. The highest BCUT2D eigenvalue weighted by molar-refractivity contribution is 4.97. The lowest BCUT2D eigenvalue weighted by atomic mass is 9.75. The van der Waals surface area contributed by atoms with Gasteiger partial charge in [0, 0.05) is 19.7 Å². The van der Waals surface area contributed by atoms with Gasteiger partial charge in [-0.15, -0.1) is 0 Å². The number of nitrogens with one attached hydrogen (secondary N) is 1. The van der Waals surface area contributed by atoms with Crippen molar-refractivity contribution in [2.75, 3.05) is 19.7 Å². The molecule has 2 rings (SSSR count). The molecule has 14 heavy (non-hydrogen) atoms. The van der Waals surface area contributed by atoms with Gasteiger partial charge in [-0.25, -0.2) is 0 Å². The van der Waals surface area contributed by atoms with Gasteiger partial charge >= 0.3 is 0 Å². The van der Waals surface area contributed by atoms with Crippen molar-refractivity contribution in [2.24, 2.45) is 11.3 Å². The molecule has 0 amide bonds. The largest absolute Gasteiger partial charge is 0.372 e. The van der Waals surface area contributed by atoms with E-state index in [1.54, 1.807) is 0 Å². The third-order valence-corrected chi connectivity index (χ3v) is 3.94. The van der Waals surface area contributed by atoms with Crippen LogP contribution in [0, 0.1) is 11.3 Å². The summed E-state index contributed by atoms with van der Waals surface area (Å²) in [6.07, 6.45) is 3.83. The maximum absolute atomic E-state index is 5.99. The van der Waals surface area contributed by atoms with Crippen molar-refractivity contribution < 1.29 is 4.74 Å². The van der Waals surface area contributed by atoms with Crippen LogP contribution >= 0.6 is 0 Å². The highest BCUT2D eigenvalue weighted by Crippen LogP contribution is 2.38. The van der Waals surface area contributed by atoms with Gasteiger partial charge in [-0.05, 0) is 30.6 Å². The van der Waals surface area contributed by atoms with E-state index in [1.807, 2.05) is 0 Å². The molecule has 2 aliphatic rings. The highest BCUT2D eigenvalue weighted by atomic mass is 16.5. The van der Waals surface area contributed by atoms with Crippen molar-refractivity contribution in [1.29, 1.82) is 0 Å². The minimum atomic E-state index is 0.222. The van der Waals surface area contributed by atoms with Crippen molar-refractivity contribution in [3.63, 3.8) is 0 Å². The Morgan fingerprint density at radius 3 is 2.43 bits per heavy atom. The zero-order valence-electron chi connectivity index (χ0n) is 9.73. The quantitative estimate of drug-likeness (QED) is 0.643. The summed E-state index contributed by atoms with van der Waals surface area (Å²) in [7, 11) is 0. The smallest absolute Gasteiger partial charge is 0.0929 e. The number of hydrogen-bond donors (Lipinski definition) is 1.